The normalized spacial score (nSPS) is 11.3. The minimum Gasteiger partial charge on any atom is -0.492 e. The van der Waals surface area contributed by atoms with Crippen molar-refractivity contribution in [1.82, 2.24) is 14.8 Å². The zero-order valence-corrected chi connectivity index (χ0v) is 18.2. The van der Waals surface area contributed by atoms with Gasteiger partial charge in [-0.3, -0.25) is 9.89 Å². The van der Waals surface area contributed by atoms with Gasteiger partial charge in [0.25, 0.3) is 5.56 Å². The van der Waals surface area contributed by atoms with Crippen molar-refractivity contribution >= 4 is 22.7 Å². The molecule has 0 saturated heterocycles. The third kappa shape index (κ3) is 4.64. The second kappa shape index (κ2) is 9.53. The molecular formula is C23H23N5O2S. The lowest BCUT2D eigenvalue weighted by molar-refractivity contribution is 0.341. The SMILES string of the molecule is CCOc1ccccc1N=Nc1c(CC)[nH]n(Cc2nc(-c3ccccc3)cs2)c1=O. The van der Waals surface area contributed by atoms with Crippen molar-refractivity contribution < 1.29 is 4.74 Å². The molecule has 2 aromatic heterocycles. The van der Waals surface area contributed by atoms with E-state index in [0.29, 0.717) is 36.7 Å². The highest BCUT2D eigenvalue weighted by Crippen LogP contribution is 2.29. The highest BCUT2D eigenvalue weighted by atomic mass is 32.1. The molecule has 0 fully saturated rings. The van der Waals surface area contributed by atoms with Gasteiger partial charge in [0.1, 0.15) is 16.4 Å². The molecule has 0 amide bonds. The van der Waals surface area contributed by atoms with E-state index in [1.807, 2.05) is 73.8 Å². The molecule has 2 heterocycles. The molecule has 4 rings (SSSR count). The number of ether oxygens (including phenoxy) is 1. The zero-order valence-electron chi connectivity index (χ0n) is 17.4. The van der Waals surface area contributed by atoms with Crippen LogP contribution in [0.3, 0.4) is 0 Å². The van der Waals surface area contributed by atoms with Crippen LogP contribution in [0.25, 0.3) is 11.3 Å². The highest BCUT2D eigenvalue weighted by Gasteiger charge is 2.15. The summed E-state index contributed by atoms with van der Waals surface area (Å²) < 4.78 is 7.12. The Morgan fingerprint density at radius 1 is 1.06 bits per heavy atom. The summed E-state index contributed by atoms with van der Waals surface area (Å²) >= 11 is 1.53. The van der Waals surface area contributed by atoms with E-state index in [1.54, 1.807) is 0 Å². The number of rotatable bonds is 8. The summed E-state index contributed by atoms with van der Waals surface area (Å²) in [6.07, 6.45) is 0.636. The number of nitrogens with one attached hydrogen (secondary N) is 1. The number of aromatic nitrogens is 3. The van der Waals surface area contributed by atoms with E-state index in [1.165, 1.54) is 16.0 Å². The van der Waals surface area contributed by atoms with Crippen LogP contribution in [-0.4, -0.2) is 21.4 Å². The van der Waals surface area contributed by atoms with Crippen molar-refractivity contribution in [2.45, 2.75) is 26.8 Å². The van der Waals surface area contributed by atoms with E-state index in [0.717, 1.165) is 22.0 Å². The quantitative estimate of drug-likeness (QED) is 0.360. The lowest BCUT2D eigenvalue weighted by Gasteiger charge is -2.04. The minimum absolute atomic E-state index is 0.217. The molecule has 1 N–H and O–H groups in total. The fourth-order valence-corrected chi connectivity index (χ4v) is 3.96. The number of azo groups is 1. The molecule has 4 aromatic rings. The molecule has 0 bridgehead atoms. The first-order chi connectivity index (χ1) is 15.2. The third-order valence-electron chi connectivity index (χ3n) is 4.69. The van der Waals surface area contributed by atoms with Crippen molar-refractivity contribution in [3.8, 4) is 17.0 Å². The number of hydrogen-bond acceptors (Lipinski definition) is 6. The van der Waals surface area contributed by atoms with Crippen LogP contribution >= 0.6 is 11.3 Å². The second-order valence-corrected chi connectivity index (χ2v) is 7.72. The van der Waals surface area contributed by atoms with Gasteiger partial charge < -0.3 is 4.74 Å². The minimum atomic E-state index is -0.217. The van der Waals surface area contributed by atoms with Crippen molar-refractivity contribution in [3.63, 3.8) is 0 Å². The standard InChI is InChI=1S/C23H23N5O2S/c1-3-17-22(26-25-18-12-8-9-13-20(18)30-4-2)23(29)28(27-17)14-21-24-19(15-31-21)16-10-6-5-7-11-16/h5-13,15,27H,3-4,14H2,1-2H3. The van der Waals surface area contributed by atoms with Gasteiger partial charge in [-0.15, -0.1) is 21.6 Å². The Morgan fingerprint density at radius 2 is 1.84 bits per heavy atom. The van der Waals surface area contributed by atoms with Gasteiger partial charge in [-0.2, -0.15) is 0 Å². The van der Waals surface area contributed by atoms with Gasteiger partial charge in [0, 0.05) is 10.9 Å². The van der Waals surface area contributed by atoms with Crippen LogP contribution in [0.4, 0.5) is 11.4 Å². The van der Waals surface area contributed by atoms with Crippen molar-refractivity contribution in [2.24, 2.45) is 10.2 Å². The van der Waals surface area contributed by atoms with Gasteiger partial charge in [0.05, 0.1) is 24.5 Å². The van der Waals surface area contributed by atoms with Crippen LogP contribution in [0.2, 0.25) is 0 Å². The molecular weight excluding hydrogens is 410 g/mol. The van der Waals surface area contributed by atoms with Crippen LogP contribution in [0.1, 0.15) is 24.5 Å². The number of thiazole rings is 1. The van der Waals surface area contributed by atoms with E-state index in [9.17, 15) is 4.79 Å². The Hall–Kier alpha value is -3.52. The first-order valence-corrected chi connectivity index (χ1v) is 11.0. The van der Waals surface area contributed by atoms with Crippen LogP contribution in [-0.2, 0) is 13.0 Å². The molecule has 0 unspecified atom stereocenters. The number of H-pyrrole nitrogens is 1. The summed E-state index contributed by atoms with van der Waals surface area (Å²) in [7, 11) is 0. The Labute approximate surface area is 184 Å². The number of hydrogen-bond donors (Lipinski definition) is 1. The number of benzene rings is 2. The largest absolute Gasteiger partial charge is 0.492 e. The molecule has 0 spiro atoms. The Morgan fingerprint density at radius 3 is 2.61 bits per heavy atom. The van der Waals surface area contributed by atoms with E-state index < -0.39 is 0 Å². The molecule has 7 nitrogen and oxygen atoms in total. The maximum Gasteiger partial charge on any atom is 0.294 e. The van der Waals surface area contributed by atoms with E-state index in [2.05, 4.69) is 20.3 Å². The van der Waals surface area contributed by atoms with Crippen molar-refractivity contribution in [1.29, 1.82) is 0 Å². The molecule has 0 aliphatic carbocycles. The average Bonchev–Trinajstić information content (AvgIpc) is 3.39. The van der Waals surface area contributed by atoms with Crippen LogP contribution in [0.5, 0.6) is 5.75 Å². The first-order valence-electron chi connectivity index (χ1n) is 10.1. The molecule has 158 valence electrons. The first kappa shape index (κ1) is 20.7. The van der Waals surface area contributed by atoms with Crippen molar-refractivity contribution in [2.75, 3.05) is 6.61 Å². The average molecular weight is 434 g/mol. The van der Waals surface area contributed by atoms with Crippen LogP contribution in [0, 0.1) is 0 Å². The van der Waals surface area contributed by atoms with Crippen LogP contribution in [0.15, 0.2) is 75.0 Å². The topological polar surface area (TPSA) is 84.6 Å². The summed E-state index contributed by atoms with van der Waals surface area (Å²) in [4.78, 5) is 17.7. The van der Waals surface area contributed by atoms with Gasteiger partial charge in [-0.1, -0.05) is 49.4 Å². The van der Waals surface area contributed by atoms with Gasteiger partial charge in [0.15, 0.2) is 5.69 Å². The molecule has 0 aliphatic heterocycles. The molecule has 0 radical (unpaired) electrons. The molecule has 0 aliphatic rings. The van der Waals surface area contributed by atoms with Gasteiger partial charge in [-0.25, -0.2) is 9.67 Å². The molecule has 2 aromatic carbocycles. The zero-order chi connectivity index (χ0) is 21.6. The summed E-state index contributed by atoms with van der Waals surface area (Å²) in [5.74, 6) is 0.638. The lowest BCUT2D eigenvalue weighted by Crippen LogP contribution is -2.17. The number of nitrogens with zero attached hydrogens (tertiary/aromatic N) is 4. The predicted octanol–water partition coefficient (Wildman–Crippen LogP) is 5.72. The maximum atomic E-state index is 13.0. The Balaban J connectivity index is 1.59. The number of para-hydroxylation sites is 1. The van der Waals surface area contributed by atoms with Crippen LogP contribution < -0.4 is 10.3 Å². The maximum absolute atomic E-state index is 13.0. The summed E-state index contributed by atoms with van der Waals surface area (Å²) in [6.45, 7) is 4.77. The smallest absolute Gasteiger partial charge is 0.294 e. The number of aryl methyl sites for hydroxylation is 1. The summed E-state index contributed by atoms with van der Waals surface area (Å²) in [5, 5.41) is 14.6. The number of aromatic amines is 1. The van der Waals surface area contributed by atoms with E-state index in [-0.39, 0.29) is 5.56 Å². The van der Waals surface area contributed by atoms with Crippen molar-refractivity contribution in [3.05, 3.63) is 81.0 Å². The fourth-order valence-electron chi connectivity index (χ4n) is 3.17. The molecule has 0 atom stereocenters. The molecule has 0 saturated carbocycles. The fraction of sp³-hybridized carbons (Fsp3) is 0.217. The summed E-state index contributed by atoms with van der Waals surface area (Å²) in [5.41, 5.74) is 3.39. The van der Waals surface area contributed by atoms with Gasteiger partial charge >= 0.3 is 0 Å². The van der Waals surface area contributed by atoms with E-state index in [4.69, 9.17) is 4.74 Å². The predicted molar refractivity (Wildman–Crippen MR) is 123 cm³/mol. The highest BCUT2D eigenvalue weighted by molar-refractivity contribution is 7.09. The monoisotopic (exact) mass is 433 g/mol. The lowest BCUT2D eigenvalue weighted by atomic mass is 10.2. The van der Waals surface area contributed by atoms with E-state index >= 15 is 0 Å². The molecule has 8 heteroatoms. The van der Waals surface area contributed by atoms with Gasteiger partial charge in [0.2, 0.25) is 0 Å². The second-order valence-electron chi connectivity index (χ2n) is 6.78. The summed E-state index contributed by atoms with van der Waals surface area (Å²) in [6, 6.07) is 17.4. The van der Waals surface area contributed by atoms with Gasteiger partial charge in [-0.05, 0) is 25.5 Å². The Kier molecular flexibility index (Phi) is 6.37. The molecule has 31 heavy (non-hydrogen) atoms. The Bertz CT molecular complexity index is 1240. The third-order valence-corrected chi connectivity index (χ3v) is 5.53.